The standard InChI is InChI=1S/C24H25N3O4/c1-30-21-8-4-17(5-9-21)10-12-25-24(29)26-20-7-6-18-11-13-27(16-19(18)15-20)23(28)22-3-2-14-31-22/h2-9,14-15H,10-13,16H2,1H3,(H2,25,26,29). The Labute approximate surface area is 181 Å². The summed E-state index contributed by atoms with van der Waals surface area (Å²) in [5, 5.41) is 5.75. The Morgan fingerprint density at radius 2 is 1.94 bits per heavy atom. The smallest absolute Gasteiger partial charge is 0.319 e. The van der Waals surface area contributed by atoms with Crippen molar-refractivity contribution in [3.8, 4) is 5.75 Å². The van der Waals surface area contributed by atoms with E-state index >= 15 is 0 Å². The van der Waals surface area contributed by atoms with E-state index in [1.54, 1.807) is 24.1 Å². The van der Waals surface area contributed by atoms with Gasteiger partial charge in [-0.1, -0.05) is 18.2 Å². The molecule has 0 aliphatic carbocycles. The van der Waals surface area contributed by atoms with Gasteiger partial charge in [-0.15, -0.1) is 0 Å². The molecular weight excluding hydrogens is 394 g/mol. The predicted octanol–water partition coefficient (Wildman–Crippen LogP) is 3.85. The van der Waals surface area contributed by atoms with Crippen molar-refractivity contribution in [1.29, 1.82) is 0 Å². The van der Waals surface area contributed by atoms with E-state index in [4.69, 9.17) is 9.15 Å². The fourth-order valence-corrected chi connectivity index (χ4v) is 3.65. The molecule has 0 radical (unpaired) electrons. The van der Waals surface area contributed by atoms with E-state index < -0.39 is 0 Å². The lowest BCUT2D eigenvalue weighted by Crippen LogP contribution is -2.36. The molecular formula is C24H25N3O4. The van der Waals surface area contributed by atoms with E-state index in [0.717, 1.165) is 29.7 Å². The summed E-state index contributed by atoms with van der Waals surface area (Å²) in [6, 6.07) is 16.7. The summed E-state index contributed by atoms with van der Waals surface area (Å²) < 4.78 is 10.4. The number of carbonyl (C=O) groups excluding carboxylic acids is 2. The minimum absolute atomic E-state index is 0.120. The second-order valence-corrected chi connectivity index (χ2v) is 7.42. The van der Waals surface area contributed by atoms with Crippen molar-refractivity contribution in [3.63, 3.8) is 0 Å². The van der Waals surface area contributed by atoms with Gasteiger partial charge in [0, 0.05) is 25.3 Å². The van der Waals surface area contributed by atoms with Crippen LogP contribution >= 0.6 is 0 Å². The first-order chi connectivity index (χ1) is 15.1. The number of anilines is 1. The Bertz CT molecular complexity index is 1050. The number of benzene rings is 2. The first-order valence-electron chi connectivity index (χ1n) is 10.2. The number of ether oxygens (including phenoxy) is 1. The fourth-order valence-electron chi connectivity index (χ4n) is 3.65. The molecule has 2 heterocycles. The van der Waals surface area contributed by atoms with E-state index in [-0.39, 0.29) is 11.9 Å². The van der Waals surface area contributed by atoms with Crippen molar-refractivity contribution in [2.24, 2.45) is 0 Å². The number of methoxy groups -OCH3 is 1. The molecule has 0 saturated heterocycles. The van der Waals surface area contributed by atoms with Crippen molar-refractivity contribution >= 4 is 17.6 Å². The number of carbonyl (C=O) groups is 2. The number of urea groups is 1. The average molecular weight is 419 g/mol. The molecule has 0 fully saturated rings. The fraction of sp³-hybridized carbons (Fsp3) is 0.250. The number of fused-ring (bicyclic) bond motifs is 1. The minimum Gasteiger partial charge on any atom is -0.497 e. The van der Waals surface area contributed by atoms with Crippen molar-refractivity contribution in [2.75, 3.05) is 25.5 Å². The highest BCUT2D eigenvalue weighted by Crippen LogP contribution is 2.24. The number of nitrogens with zero attached hydrogens (tertiary/aromatic N) is 1. The van der Waals surface area contributed by atoms with Gasteiger partial charge in [0.25, 0.3) is 5.91 Å². The summed E-state index contributed by atoms with van der Waals surface area (Å²) in [5.74, 6) is 1.03. The van der Waals surface area contributed by atoms with Crippen LogP contribution in [0.5, 0.6) is 5.75 Å². The Balaban J connectivity index is 1.30. The van der Waals surface area contributed by atoms with Gasteiger partial charge in [-0.3, -0.25) is 4.79 Å². The maximum absolute atomic E-state index is 12.5. The van der Waals surface area contributed by atoms with E-state index in [9.17, 15) is 9.59 Å². The van der Waals surface area contributed by atoms with E-state index in [1.807, 2.05) is 42.5 Å². The van der Waals surface area contributed by atoms with Crippen LogP contribution in [-0.4, -0.2) is 37.0 Å². The summed E-state index contributed by atoms with van der Waals surface area (Å²) in [6.07, 6.45) is 3.00. The molecule has 4 rings (SSSR count). The van der Waals surface area contributed by atoms with E-state index in [1.165, 1.54) is 11.8 Å². The minimum atomic E-state index is -0.257. The van der Waals surface area contributed by atoms with Crippen LogP contribution in [0.25, 0.3) is 0 Å². The molecule has 160 valence electrons. The van der Waals surface area contributed by atoms with Crippen LogP contribution in [0.1, 0.15) is 27.2 Å². The molecule has 2 aromatic carbocycles. The number of amides is 3. The molecule has 0 unspecified atom stereocenters. The average Bonchev–Trinajstić information content (AvgIpc) is 3.33. The van der Waals surface area contributed by atoms with E-state index in [0.29, 0.717) is 31.1 Å². The van der Waals surface area contributed by atoms with Crippen LogP contribution in [-0.2, 0) is 19.4 Å². The predicted molar refractivity (Wildman–Crippen MR) is 117 cm³/mol. The summed E-state index contributed by atoms with van der Waals surface area (Å²) in [4.78, 5) is 26.6. The summed E-state index contributed by atoms with van der Waals surface area (Å²) >= 11 is 0. The summed E-state index contributed by atoms with van der Waals surface area (Å²) in [5.41, 5.74) is 4.04. The van der Waals surface area contributed by atoms with Gasteiger partial charge in [-0.25, -0.2) is 4.79 Å². The van der Waals surface area contributed by atoms with Crippen LogP contribution < -0.4 is 15.4 Å². The van der Waals surface area contributed by atoms with Gasteiger partial charge in [0.1, 0.15) is 5.75 Å². The number of nitrogens with one attached hydrogen (secondary N) is 2. The van der Waals surface area contributed by atoms with Crippen molar-refractivity contribution in [1.82, 2.24) is 10.2 Å². The lowest BCUT2D eigenvalue weighted by atomic mass is 9.99. The van der Waals surface area contributed by atoms with Gasteiger partial charge in [0.05, 0.1) is 13.4 Å². The molecule has 0 bridgehead atoms. The lowest BCUT2D eigenvalue weighted by Gasteiger charge is -2.28. The van der Waals surface area contributed by atoms with Crippen LogP contribution in [0, 0.1) is 0 Å². The van der Waals surface area contributed by atoms with E-state index in [2.05, 4.69) is 10.6 Å². The molecule has 7 nitrogen and oxygen atoms in total. The Morgan fingerprint density at radius 3 is 2.68 bits per heavy atom. The molecule has 1 aromatic heterocycles. The molecule has 2 N–H and O–H groups in total. The Morgan fingerprint density at radius 1 is 1.10 bits per heavy atom. The zero-order valence-corrected chi connectivity index (χ0v) is 17.4. The molecule has 0 spiro atoms. The zero-order chi connectivity index (χ0) is 21.6. The third-order valence-corrected chi connectivity index (χ3v) is 5.35. The molecule has 0 atom stereocenters. The van der Waals surface area contributed by atoms with Crippen molar-refractivity contribution < 1.29 is 18.7 Å². The Kier molecular flexibility index (Phi) is 6.21. The molecule has 3 aromatic rings. The summed E-state index contributed by atoms with van der Waals surface area (Å²) in [6.45, 7) is 1.66. The third-order valence-electron chi connectivity index (χ3n) is 5.35. The first-order valence-corrected chi connectivity index (χ1v) is 10.2. The number of rotatable bonds is 6. The van der Waals surface area contributed by atoms with Gasteiger partial charge >= 0.3 is 6.03 Å². The van der Waals surface area contributed by atoms with Gasteiger partial charge in [-0.2, -0.15) is 0 Å². The third kappa shape index (κ3) is 5.06. The van der Waals surface area contributed by atoms with Gasteiger partial charge < -0.3 is 24.7 Å². The van der Waals surface area contributed by atoms with Crippen molar-refractivity contribution in [2.45, 2.75) is 19.4 Å². The SMILES string of the molecule is COc1ccc(CCNC(=O)Nc2ccc3c(c2)CN(C(=O)c2ccco2)CC3)cc1. The lowest BCUT2D eigenvalue weighted by molar-refractivity contribution is 0.0702. The highest BCUT2D eigenvalue weighted by molar-refractivity contribution is 5.92. The monoisotopic (exact) mass is 419 g/mol. The summed E-state index contributed by atoms with van der Waals surface area (Å²) in [7, 11) is 1.64. The van der Waals surface area contributed by atoms with Crippen molar-refractivity contribution in [3.05, 3.63) is 83.3 Å². The molecule has 3 amide bonds. The second kappa shape index (κ2) is 9.38. The highest BCUT2D eigenvalue weighted by atomic mass is 16.5. The number of hydrogen-bond donors (Lipinski definition) is 2. The maximum Gasteiger partial charge on any atom is 0.319 e. The first kappa shape index (κ1) is 20.5. The number of furan rings is 1. The number of hydrogen-bond acceptors (Lipinski definition) is 4. The van der Waals surface area contributed by atoms with Crippen LogP contribution in [0.3, 0.4) is 0 Å². The molecule has 1 aliphatic heterocycles. The van der Waals surface area contributed by atoms with Gasteiger partial charge in [0.2, 0.25) is 0 Å². The van der Waals surface area contributed by atoms with Crippen LogP contribution in [0.2, 0.25) is 0 Å². The quantitative estimate of drug-likeness (QED) is 0.636. The maximum atomic E-state index is 12.5. The van der Waals surface area contributed by atoms with Gasteiger partial charge in [-0.05, 0) is 65.9 Å². The largest absolute Gasteiger partial charge is 0.497 e. The molecule has 1 aliphatic rings. The van der Waals surface area contributed by atoms with Crippen LogP contribution in [0.4, 0.5) is 10.5 Å². The normalized spacial score (nSPS) is 12.7. The Hall–Kier alpha value is -3.74. The van der Waals surface area contributed by atoms with Crippen LogP contribution in [0.15, 0.2) is 65.3 Å². The molecule has 0 saturated carbocycles. The zero-order valence-electron chi connectivity index (χ0n) is 17.4. The molecule has 7 heteroatoms. The topological polar surface area (TPSA) is 83.8 Å². The second-order valence-electron chi connectivity index (χ2n) is 7.42. The highest BCUT2D eigenvalue weighted by Gasteiger charge is 2.23. The molecule has 31 heavy (non-hydrogen) atoms. The van der Waals surface area contributed by atoms with Gasteiger partial charge in [0.15, 0.2) is 5.76 Å².